The molecule has 4 rings (SSSR count). The predicted octanol–water partition coefficient (Wildman–Crippen LogP) is 1.98. The Morgan fingerprint density at radius 3 is 2.37 bits per heavy atom. The third-order valence-electron chi connectivity index (χ3n) is 5.43. The fourth-order valence-corrected chi connectivity index (χ4v) is 3.78. The molecule has 8 nitrogen and oxygen atoms in total. The van der Waals surface area contributed by atoms with Crippen molar-refractivity contribution in [2.75, 3.05) is 68.9 Å². The van der Waals surface area contributed by atoms with E-state index in [0.29, 0.717) is 25.3 Å². The van der Waals surface area contributed by atoms with E-state index in [0.717, 1.165) is 62.6 Å². The van der Waals surface area contributed by atoms with Gasteiger partial charge >= 0.3 is 0 Å². The van der Waals surface area contributed by atoms with Crippen LogP contribution >= 0.6 is 0 Å². The number of amides is 1. The Balaban J connectivity index is 1.39. The molecule has 1 amide bonds. The molecule has 2 aliphatic rings. The van der Waals surface area contributed by atoms with Gasteiger partial charge in [-0.2, -0.15) is 4.98 Å². The standard InChI is InChI=1S/C22H29N5O3/c1-3-30-19-6-4-18(5-7-19)21(28)26-8-10-27(11-9-26)22-23-17(2)16-20(24-22)25-12-14-29-15-13-25/h4-7,16H,3,8-15H2,1-2H3. The van der Waals surface area contributed by atoms with E-state index in [1.54, 1.807) is 0 Å². The van der Waals surface area contributed by atoms with E-state index < -0.39 is 0 Å². The molecule has 2 aliphatic heterocycles. The Bertz CT molecular complexity index is 860. The summed E-state index contributed by atoms with van der Waals surface area (Å²) >= 11 is 0. The summed E-state index contributed by atoms with van der Waals surface area (Å²) in [6.07, 6.45) is 0. The first-order chi connectivity index (χ1) is 14.6. The highest BCUT2D eigenvalue weighted by Gasteiger charge is 2.24. The zero-order valence-electron chi connectivity index (χ0n) is 17.7. The lowest BCUT2D eigenvalue weighted by molar-refractivity contribution is 0.0746. The van der Waals surface area contributed by atoms with Gasteiger partial charge in [0.25, 0.3) is 5.91 Å². The van der Waals surface area contributed by atoms with E-state index in [9.17, 15) is 4.79 Å². The van der Waals surface area contributed by atoms with Crippen molar-refractivity contribution in [2.24, 2.45) is 0 Å². The summed E-state index contributed by atoms with van der Waals surface area (Å²) < 4.78 is 10.9. The smallest absolute Gasteiger partial charge is 0.253 e. The Kier molecular flexibility index (Phi) is 6.32. The molecule has 30 heavy (non-hydrogen) atoms. The van der Waals surface area contributed by atoms with Crippen molar-refractivity contribution in [1.29, 1.82) is 0 Å². The number of benzene rings is 1. The lowest BCUT2D eigenvalue weighted by Crippen LogP contribution is -2.49. The van der Waals surface area contributed by atoms with Gasteiger partial charge in [0.15, 0.2) is 0 Å². The van der Waals surface area contributed by atoms with Crippen LogP contribution in [0.2, 0.25) is 0 Å². The van der Waals surface area contributed by atoms with Gasteiger partial charge in [0.1, 0.15) is 11.6 Å². The molecule has 0 bridgehead atoms. The maximum Gasteiger partial charge on any atom is 0.253 e. The summed E-state index contributed by atoms with van der Waals surface area (Å²) in [7, 11) is 0. The van der Waals surface area contributed by atoms with E-state index in [1.807, 2.05) is 49.1 Å². The lowest BCUT2D eigenvalue weighted by Gasteiger charge is -2.35. The van der Waals surface area contributed by atoms with Crippen LogP contribution in [0.1, 0.15) is 23.0 Å². The van der Waals surface area contributed by atoms with Crippen LogP contribution in [0.4, 0.5) is 11.8 Å². The topological polar surface area (TPSA) is 71.0 Å². The van der Waals surface area contributed by atoms with Gasteiger partial charge in [0, 0.05) is 56.6 Å². The number of hydrogen-bond donors (Lipinski definition) is 0. The molecule has 160 valence electrons. The highest BCUT2D eigenvalue weighted by atomic mass is 16.5. The number of aryl methyl sites for hydroxylation is 1. The molecule has 0 aliphatic carbocycles. The average Bonchev–Trinajstić information content (AvgIpc) is 2.80. The fourth-order valence-electron chi connectivity index (χ4n) is 3.78. The van der Waals surface area contributed by atoms with Crippen molar-refractivity contribution < 1.29 is 14.3 Å². The summed E-state index contributed by atoms with van der Waals surface area (Å²) in [5.41, 5.74) is 1.64. The first-order valence-corrected chi connectivity index (χ1v) is 10.6. The second-order valence-electron chi connectivity index (χ2n) is 7.50. The van der Waals surface area contributed by atoms with Crippen LogP contribution in [0.5, 0.6) is 5.75 Å². The number of anilines is 2. The van der Waals surface area contributed by atoms with Crippen LogP contribution in [-0.4, -0.2) is 79.9 Å². The van der Waals surface area contributed by atoms with Gasteiger partial charge in [-0.25, -0.2) is 4.98 Å². The van der Waals surface area contributed by atoms with Gasteiger partial charge in [0.2, 0.25) is 5.95 Å². The van der Waals surface area contributed by atoms with Gasteiger partial charge in [-0.1, -0.05) is 0 Å². The maximum absolute atomic E-state index is 12.8. The molecule has 8 heteroatoms. The third kappa shape index (κ3) is 4.64. The maximum atomic E-state index is 12.8. The van der Waals surface area contributed by atoms with Crippen LogP contribution in [0.15, 0.2) is 30.3 Å². The Morgan fingerprint density at radius 1 is 1.00 bits per heavy atom. The molecule has 2 saturated heterocycles. The van der Waals surface area contributed by atoms with Crippen LogP contribution in [0, 0.1) is 6.92 Å². The first kappa shape index (κ1) is 20.4. The van der Waals surface area contributed by atoms with E-state index in [1.165, 1.54) is 0 Å². The van der Waals surface area contributed by atoms with Crippen molar-refractivity contribution in [3.05, 3.63) is 41.6 Å². The van der Waals surface area contributed by atoms with Gasteiger partial charge in [-0.05, 0) is 38.1 Å². The highest BCUT2D eigenvalue weighted by Crippen LogP contribution is 2.20. The number of piperazine rings is 1. The van der Waals surface area contributed by atoms with Gasteiger partial charge < -0.3 is 24.2 Å². The van der Waals surface area contributed by atoms with Crippen molar-refractivity contribution in [2.45, 2.75) is 13.8 Å². The summed E-state index contributed by atoms with van der Waals surface area (Å²) in [6.45, 7) is 10.4. The number of morpholine rings is 1. The molecule has 2 aromatic rings. The summed E-state index contributed by atoms with van der Waals surface area (Å²) in [5.74, 6) is 2.53. The van der Waals surface area contributed by atoms with E-state index >= 15 is 0 Å². The monoisotopic (exact) mass is 411 g/mol. The van der Waals surface area contributed by atoms with Crippen molar-refractivity contribution in [1.82, 2.24) is 14.9 Å². The lowest BCUT2D eigenvalue weighted by atomic mass is 10.1. The second-order valence-corrected chi connectivity index (χ2v) is 7.50. The average molecular weight is 412 g/mol. The Morgan fingerprint density at radius 2 is 1.70 bits per heavy atom. The van der Waals surface area contributed by atoms with E-state index in [4.69, 9.17) is 14.5 Å². The highest BCUT2D eigenvalue weighted by molar-refractivity contribution is 5.94. The van der Waals surface area contributed by atoms with Crippen molar-refractivity contribution >= 4 is 17.7 Å². The molecular weight excluding hydrogens is 382 g/mol. The van der Waals surface area contributed by atoms with Crippen molar-refractivity contribution in [3.63, 3.8) is 0 Å². The molecule has 2 fully saturated rings. The molecule has 3 heterocycles. The molecule has 0 N–H and O–H groups in total. The molecule has 0 unspecified atom stereocenters. The minimum absolute atomic E-state index is 0.0527. The first-order valence-electron chi connectivity index (χ1n) is 10.6. The van der Waals surface area contributed by atoms with Gasteiger partial charge in [0.05, 0.1) is 19.8 Å². The van der Waals surface area contributed by atoms with Crippen LogP contribution in [0.25, 0.3) is 0 Å². The van der Waals surface area contributed by atoms with E-state index in [2.05, 4.69) is 14.8 Å². The summed E-state index contributed by atoms with van der Waals surface area (Å²) in [4.78, 5) is 28.6. The molecule has 0 spiro atoms. The minimum Gasteiger partial charge on any atom is -0.494 e. The number of nitrogens with zero attached hydrogens (tertiary/aromatic N) is 5. The number of carbonyl (C=O) groups is 1. The fraction of sp³-hybridized carbons (Fsp3) is 0.500. The largest absolute Gasteiger partial charge is 0.494 e. The number of aromatic nitrogens is 2. The zero-order chi connectivity index (χ0) is 20.9. The Hall–Kier alpha value is -2.87. The molecule has 0 radical (unpaired) electrons. The zero-order valence-corrected chi connectivity index (χ0v) is 17.7. The SMILES string of the molecule is CCOc1ccc(C(=O)N2CCN(c3nc(C)cc(N4CCOCC4)n3)CC2)cc1. The molecule has 1 aromatic heterocycles. The van der Waals surface area contributed by atoms with Crippen LogP contribution < -0.4 is 14.5 Å². The van der Waals surface area contributed by atoms with Crippen LogP contribution in [0.3, 0.4) is 0 Å². The second kappa shape index (κ2) is 9.30. The van der Waals surface area contributed by atoms with E-state index in [-0.39, 0.29) is 5.91 Å². The number of ether oxygens (including phenoxy) is 2. The molecule has 1 aromatic carbocycles. The molecule has 0 atom stereocenters. The van der Waals surface area contributed by atoms with Crippen LogP contribution in [-0.2, 0) is 4.74 Å². The predicted molar refractivity (Wildman–Crippen MR) is 116 cm³/mol. The van der Waals surface area contributed by atoms with Gasteiger partial charge in [-0.3, -0.25) is 4.79 Å². The summed E-state index contributed by atoms with van der Waals surface area (Å²) in [6, 6.07) is 9.39. The summed E-state index contributed by atoms with van der Waals surface area (Å²) in [5, 5.41) is 0. The number of hydrogen-bond acceptors (Lipinski definition) is 7. The van der Waals surface area contributed by atoms with Gasteiger partial charge in [-0.15, -0.1) is 0 Å². The number of rotatable bonds is 5. The minimum atomic E-state index is 0.0527. The quantitative estimate of drug-likeness (QED) is 0.745. The Labute approximate surface area is 177 Å². The molecular formula is C22H29N5O3. The normalized spacial score (nSPS) is 17.2. The van der Waals surface area contributed by atoms with Crippen molar-refractivity contribution in [3.8, 4) is 5.75 Å². The number of carbonyl (C=O) groups excluding carboxylic acids is 1. The third-order valence-corrected chi connectivity index (χ3v) is 5.43. The molecule has 0 saturated carbocycles.